The number of hydrogen-bond donors (Lipinski definition) is 1. The van der Waals surface area contributed by atoms with Gasteiger partial charge in [-0.2, -0.15) is 0 Å². The third kappa shape index (κ3) is 6.42. The van der Waals surface area contributed by atoms with Crippen molar-refractivity contribution in [2.45, 2.75) is 19.8 Å². The number of unbranched alkanes of at least 4 members (excludes halogenated alkanes) is 1. The number of anilines is 1. The fourth-order valence-corrected chi connectivity index (χ4v) is 2.33. The average Bonchev–Trinajstić information content (AvgIpc) is 2.67. The predicted molar refractivity (Wildman–Crippen MR) is 102 cm³/mol. The van der Waals surface area contributed by atoms with Crippen molar-refractivity contribution in [3.05, 3.63) is 64.7 Å². The number of carbonyl (C=O) groups excluding carboxylic acids is 3. The van der Waals surface area contributed by atoms with Crippen LogP contribution in [0.15, 0.2) is 48.5 Å². The summed E-state index contributed by atoms with van der Waals surface area (Å²) in [5.41, 5.74) is 1.06. The maximum atomic E-state index is 11.9. The minimum Gasteiger partial charge on any atom is -0.462 e. The molecule has 2 rings (SSSR count). The van der Waals surface area contributed by atoms with Crippen LogP contribution in [-0.4, -0.2) is 31.1 Å². The van der Waals surface area contributed by atoms with Crippen LogP contribution < -0.4 is 5.32 Å². The van der Waals surface area contributed by atoms with Crippen LogP contribution in [-0.2, 0) is 14.3 Å². The zero-order chi connectivity index (χ0) is 19.6. The quantitative estimate of drug-likeness (QED) is 0.543. The fraction of sp³-hybridized carbons (Fsp3) is 0.250. The van der Waals surface area contributed by atoms with Crippen LogP contribution >= 0.6 is 11.6 Å². The molecule has 6 nitrogen and oxygen atoms in total. The van der Waals surface area contributed by atoms with Crippen molar-refractivity contribution in [3.63, 3.8) is 0 Å². The molecule has 0 aliphatic carbocycles. The molecule has 2 aromatic carbocycles. The molecule has 0 atom stereocenters. The molecule has 0 spiro atoms. The lowest BCUT2D eigenvalue weighted by Gasteiger charge is -2.08. The minimum atomic E-state index is -0.680. The van der Waals surface area contributed by atoms with E-state index in [0.29, 0.717) is 17.9 Å². The highest BCUT2D eigenvalue weighted by molar-refractivity contribution is 6.33. The Hall–Kier alpha value is -2.86. The van der Waals surface area contributed by atoms with Crippen LogP contribution in [0, 0.1) is 0 Å². The lowest BCUT2D eigenvalue weighted by Crippen LogP contribution is -2.21. The van der Waals surface area contributed by atoms with Crippen LogP contribution in [0.5, 0.6) is 0 Å². The van der Waals surface area contributed by atoms with Gasteiger partial charge in [0.1, 0.15) is 0 Å². The van der Waals surface area contributed by atoms with Gasteiger partial charge in [0.15, 0.2) is 6.61 Å². The molecular weight excluding hydrogens is 370 g/mol. The first-order valence-corrected chi connectivity index (χ1v) is 8.87. The van der Waals surface area contributed by atoms with Crippen molar-refractivity contribution in [3.8, 4) is 0 Å². The molecule has 0 radical (unpaired) electrons. The van der Waals surface area contributed by atoms with E-state index in [1.165, 1.54) is 6.07 Å². The Kier molecular flexibility index (Phi) is 7.82. The maximum absolute atomic E-state index is 11.9. The number of carbonyl (C=O) groups is 3. The van der Waals surface area contributed by atoms with E-state index in [1.807, 2.05) is 6.92 Å². The second-order valence-corrected chi connectivity index (χ2v) is 6.08. The molecule has 2 aromatic rings. The van der Waals surface area contributed by atoms with Crippen LogP contribution in [0.1, 0.15) is 40.5 Å². The molecule has 0 saturated carbocycles. The number of ether oxygens (including phenoxy) is 2. The summed E-state index contributed by atoms with van der Waals surface area (Å²) >= 11 is 5.91. The standard InChI is InChI=1S/C20H20ClNO5/c1-2-3-12-26-19(24)14-8-10-15(11-9-14)22-18(23)13-27-20(25)16-6-4-5-7-17(16)21/h4-11H,2-3,12-13H2,1H3,(H,22,23). The molecule has 142 valence electrons. The molecule has 0 saturated heterocycles. The SMILES string of the molecule is CCCCOC(=O)c1ccc(NC(=O)COC(=O)c2ccccc2Cl)cc1. The zero-order valence-electron chi connectivity index (χ0n) is 14.9. The lowest BCUT2D eigenvalue weighted by molar-refractivity contribution is -0.119. The number of rotatable bonds is 8. The summed E-state index contributed by atoms with van der Waals surface area (Å²) in [5, 5.41) is 2.83. The normalized spacial score (nSPS) is 10.1. The Morgan fingerprint density at radius 2 is 1.67 bits per heavy atom. The topological polar surface area (TPSA) is 81.7 Å². The van der Waals surface area contributed by atoms with E-state index in [4.69, 9.17) is 21.1 Å². The summed E-state index contributed by atoms with van der Waals surface area (Å²) in [7, 11) is 0. The fourth-order valence-electron chi connectivity index (χ4n) is 2.11. The largest absolute Gasteiger partial charge is 0.462 e. The van der Waals surface area contributed by atoms with E-state index >= 15 is 0 Å². The van der Waals surface area contributed by atoms with Gasteiger partial charge in [0.05, 0.1) is 22.8 Å². The number of amides is 1. The van der Waals surface area contributed by atoms with Crippen molar-refractivity contribution in [2.24, 2.45) is 0 Å². The minimum absolute atomic E-state index is 0.193. The first-order valence-electron chi connectivity index (χ1n) is 8.50. The first-order chi connectivity index (χ1) is 13.0. The maximum Gasteiger partial charge on any atom is 0.340 e. The van der Waals surface area contributed by atoms with Crippen molar-refractivity contribution in [2.75, 3.05) is 18.5 Å². The summed E-state index contributed by atoms with van der Waals surface area (Å²) in [4.78, 5) is 35.6. The van der Waals surface area contributed by atoms with E-state index in [-0.39, 0.29) is 10.6 Å². The molecule has 0 aromatic heterocycles. The number of hydrogen-bond acceptors (Lipinski definition) is 5. The van der Waals surface area contributed by atoms with Gasteiger partial charge >= 0.3 is 11.9 Å². The average molecular weight is 390 g/mol. The number of halogens is 1. The van der Waals surface area contributed by atoms with E-state index in [2.05, 4.69) is 5.32 Å². The number of benzene rings is 2. The van der Waals surface area contributed by atoms with Crippen LogP contribution in [0.2, 0.25) is 5.02 Å². The number of nitrogens with one attached hydrogen (secondary N) is 1. The molecule has 1 N–H and O–H groups in total. The molecule has 0 aliphatic rings. The van der Waals surface area contributed by atoms with Crippen molar-refractivity contribution < 1.29 is 23.9 Å². The summed E-state index contributed by atoms with van der Waals surface area (Å²) < 4.78 is 10.1. The van der Waals surface area contributed by atoms with Crippen molar-refractivity contribution in [1.82, 2.24) is 0 Å². The molecule has 0 fully saturated rings. The summed E-state index contributed by atoms with van der Waals surface area (Å²) in [6.45, 7) is 1.94. The van der Waals surface area contributed by atoms with Gasteiger partial charge in [0, 0.05) is 5.69 Å². The Morgan fingerprint density at radius 3 is 2.33 bits per heavy atom. The molecule has 7 heteroatoms. The van der Waals surface area contributed by atoms with Gasteiger partial charge < -0.3 is 14.8 Å². The van der Waals surface area contributed by atoms with Gasteiger partial charge in [0.2, 0.25) is 0 Å². The highest BCUT2D eigenvalue weighted by Crippen LogP contribution is 2.16. The van der Waals surface area contributed by atoms with Gasteiger partial charge in [-0.15, -0.1) is 0 Å². The molecule has 0 heterocycles. The highest BCUT2D eigenvalue weighted by Gasteiger charge is 2.13. The van der Waals surface area contributed by atoms with E-state index < -0.39 is 24.5 Å². The van der Waals surface area contributed by atoms with Gasteiger partial charge in [0.25, 0.3) is 5.91 Å². The molecule has 0 unspecified atom stereocenters. The molecule has 0 aliphatic heterocycles. The second-order valence-electron chi connectivity index (χ2n) is 5.67. The monoisotopic (exact) mass is 389 g/mol. The molecule has 27 heavy (non-hydrogen) atoms. The third-order valence-electron chi connectivity index (χ3n) is 3.56. The Balaban J connectivity index is 1.82. The van der Waals surface area contributed by atoms with Gasteiger partial charge in [-0.05, 0) is 42.8 Å². The van der Waals surface area contributed by atoms with Crippen molar-refractivity contribution in [1.29, 1.82) is 0 Å². The lowest BCUT2D eigenvalue weighted by atomic mass is 10.2. The highest BCUT2D eigenvalue weighted by atomic mass is 35.5. The summed E-state index contributed by atoms with van der Waals surface area (Å²) in [6.07, 6.45) is 1.76. The summed E-state index contributed by atoms with van der Waals surface area (Å²) in [5.74, 6) is -1.59. The van der Waals surface area contributed by atoms with Gasteiger partial charge in [-0.3, -0.25) is 4.79 Å². The first kappa shape index (κ1) is 20.5. The zero-order valence-corrected chi connectivity index (χ0v) is 15.6. The predicted octanol–water partition coefficient (Wildman–Crippen LogP) is 4.09. The van der Waals surface area contributed by atoms with E-state index in [9.17, 15) is 14.4 Å². The molecule has 0 bridgehead atoms. The van der Waals surface area contributed by atoms with Crippen LogP contribution in [0.4, 0.5) is 5.69 Å². The van der Waals surface area contributed by atoms with Crippen LogP contribution in [0.25, 0.3) is 0 Å². The summed E-state index contributed by atoms with van der Waals surface area (Å²) in [6, 6.07) is 12.7. The Morgan fingerprint density at radius 1 is 0.963 bits per heavy atom. The molecule has 1 amide bonds. The number of esters is 2. The Bertz CT molecular complexity index is 804. The molecular formula is C20H20ClNO5. The van der Waals surface area contributed by atoms with Crippen LogP contribution in [0.3, 0.4) is 0 Å². The van der Waals surface area contributed by atoms with E-state index in [0.717, 1.165) is 12.8 Å². The van der Waals surface area contributed by atoms with Crippen molar-refractivity contribution >= 4 is 35.1 Å². The third-order valence-corrected chi connectivity index (χ3v) is 3.89. The smallest absolute Gasteiger partial charge is 0.340 e. The van der Waals surface area contributed by atoms with Gasteiger partial charge in [-0.25, -0.2) is 9.59 Å². The second kappa shape index (κ2) is 10.3. The van der Waals surface area contributed by atoms with E-state index in [1.54, 1.807) is 42.5 Å². The Labute approximate surface area is 162 Å². The van der Waals surface area contributed by atoms with Gasteiger partial charge in [-0.1, -0.05) is 37.1 Å².